The van der Waals surface area contributed by atoms with Gasteiger partial charge in [0.15, 0.2) is 0 Å². The number of nitrogens with zero attached hydrogens (tertiary/aromatic N) is 2. The zero-order valence-corrected chi connectivity index (χ0v) is 14.6. The lowest BCUT2D eigenvalue weighted by atomic mass is 10.1. The van der Waals surface area contributed by atoms with Crippen molar-refractivity contribution in [1.29, 1.82) is 5.26 Å². The molecule has 0 spiro atoms. The van der Waals surface area contributed by atoms with Crippen LogP contribution in [0, 0.1) is 10.7 Å². The van der Waals surface area contributed by atoms with E-state index in [9.17, 15) is 9.90 Å². The van der Waals surface area contributed by atoms with Crippen LogP contribution in [0.2, 0.25) is 0 Å². The molecule has 1 unspecified atom stereocenters. The van der Waals surface area contributed by atoms with Gasteiger partial charge in [0.2, 0.25) is 5.91 Å². The van der Waals surface area contributed by atoms with Crippen LogP contribution >= 0.6 is 11.8 Å². The summed E-state index contributed by atoms with van der Waals surface area (Å²) in [6.07, 6.45) is 7.10. The summed E-state index contributed by atoms with van der Waals surface area (Å²) >= 11 is 1.26. The first-order chi connectivity index (χ1) is 11.7. The van der Waals surface area contributed by atoms with E-state index in [0.717, 1.165) is 37.1 Å². The van der Waals surface area contributed by atoms with E-state index in [-0.39, 0.29) is 11.9 Å². The summed E-state index contributed by atoms with van der Waals surface area (Å²) in [4.78, 5) is 13.9. The van der Waals surface area contributed by atoms with Crippen molar-refractivity contribution < 1.29 is 9.90 Å². The molecule has 1 aliphatic rings. The minimum absolute atomic E-state index is 0.0894. The van der Waals surface area contributed by atoms with Gasteiger partial charge in [0, 0.05) is 25.1 Å². The van der Waals surface area contributed by atoms with Crippen molar-refractivity contribution in [3.05, 3.63) is 48.0 Å². The number of thioether (sulfide) groups is 1. The molecule has 1 saturated heterocycles. The molecule has 24 heavy (non-hydrogen) atoms. The van der Waals surface area contributed by atoms with Gasteiger partial charge in [-0.1, -0.05) is 42.5 Å². The number of benzene rings is 1. The van der Waals surface area contributed by atoms with Crippen molar-refractivity contribution in [1.82, 2.24) is 4.90 Å². The molecule has 1 N–H and O–H groups in total. The monoisotopic (exact) mass is 344 g/mol. The third kappa shape index (κ3) is 6.03. The fraction of sp³-hybridized carbons (Fsp3) is 0.474. The maximum atomic E-state index is 12.0. The number of carbonyl (C=O) groups excluding carboxylic acids is 1. The maximum Gasteiger partial charge on any atom is 0.223 e. The second-order valence-corrected chi connectivity index (χ2v) is 6.86. The van der Waals surface area contributed by atoms with E-state index in [1.54, 1.807) is 0 Å². The minimum atomic E-state index is -0.531. The molecule has 0 aliphatic carbocycles. The highest BCUT2D eigenvalue weighted by Crippen LogP contribution is 2.21. The van der Waals surface area contributed by atoms with Crippen molar-refractivity contribution in [2.45, 2.75) is 44.2 Å². The Hall–Kier alpha value is -1.77. The average molecular weight is 344 g/mol. The van der Waals surface area contributed by atoms with Crippen LogP contribution in [0.4, 0.5) is 0 Å². The maximum absolute atomic E-state index is 12.0. The number of nitriles is 1. The normalized spacial score (nSPS) is 18.9. The molecule has 4 nitrogen and oxygen atoms in total. The molecule has 2 atom stereocenters. The second kappa shape index (κ2) is 10.2. The van der Waals surface area contributed by atoms with Crippen LogP contribution in [-0.2, 0) is 11.2 Å². The van der Waals surface area contributed by atoms with Gasteiger partial charge in [-0.3, -0.25) is 4.79 Å². The Kier molecular flexibility index (Phi) is 7.87. The summed E-state index contributed by atoms with van der Waals surface area (Å²) in [5, 5.41) is 20.7. The lowest BCUT2D eigenvalue weighted by molar-refractivity contribution is -0.128. The van der Waals surface area contributed by atoms with E-state index < -0.39 is 6.10 Å². The predicted octanol–water partition coefficient (Wildman–Crippen LogP) is 3.13. The molecule has 0 radical (unpaired) electrons. The first-order valence-corrected chi connectivity index (χ1v) is 9.40. The van der Waals surface area contributed by atoms with Crippen LogP contribution < -0.4 is 0 Å². The van der Waals surface area contributed by atoms with Crippen molar-refractivity contribution in [3.8, 4) is 5.40 Å². The summed E-state index contributed by atoms with van der Waals surface area (Å²) in [6.45, 7) is 0.731. The van der Waals surface area contributed by atoms with E-state index >= 15 is 0 Å². The minimum Gasteiger partial charge on any atom is -0.389 e. The SMILES string of the molecule is N#CSCCCCN1C(=O)CC[C@@H]1/C=C/C(O)Cc1ccccc1. The van der Waals surface area contributed by atoms with Gasteiger partial charge in [-0.05, 0) is 36.6 Å². The highest BCUT2D eigenvalue weighted by molar-refractivity contribution is 8.03. The van der Waals surface area contributed by atoms with Gasteiger partial charge in [-0.15, -0.1) is 0 Å². The van der Waals surface area contributed by atoms with Gasteiger partial charge in [-0.2, -0.15) is 5.26 Å². The van der Waals surface area contributed by atoms with Crippen LogP contribution in [0.15, 0.2) is 42.5 Å². The molecule has 1 amide bonds. The van der Waals surface area contributed by atoms with Gasteiger partial charge in [0.25, 0.3) is 0 Å². The first kappa shape index (κ1) is 18.6. The summed E-state index contributed by atoms with van der Waals surface area (Å²) in [6, 6.07) is 9.99. The Labute approximate surface area is 148 Å². The summed E-state index contributed by atoms with van der Waals surface area (Å²) < 4.78 is 0. The van der Waals surface area contributed by atoms with Crippen molar-refractivity contribution >= 4 is 17.7 Å². The number of carbonyl (C=O) groups is 1. The molecular formula is C19H24N2O2S. The second-order valence-electron chi connectivity index (χ2n) is 5.98. The lowest BCUT2D eigenvalue weighted by Gasteiger charge is -2.22. The summed E-state index contributed by atoms with van der Waals surface area (Å²) in [5.74, 6) is 1.00. The molecule has 5 heteroatoms. The average Bonchev–Trinajstić information content (AvgIpc) is 2.94. The number of likely N-dealkylation sites (tertiary alicyclic amines) is 1. The Morgan fingerprint density at radius 3 is 2.92 bits per heavy atom. The third-order valence-electron chi connectivity index (χ3n) is 4.18. The first-order valence-electron chi connectivity index (χ1n) is 8.41. The van der Waals surface area contributed by atoms with Gasteiger partial charge >= 0.3 is 0 Å². The predicted molar refractivity (Wildman–Crippen MR) is 97.3 cm³/mol. The number of thiocyanates is 1. The molecule has 0 saturated carbocycles. The van der Waals surface area contributed by atoms with E-state index in [1.165, 1.54) is 11.8 Å². The lowest BCUT2D eigenvalue weighted by Crippen LogP contribution is -2.33. The number of hydrogen-bond donors (Lipinski definition) is 1. The zero-order valence-electron chi connectivity index (χ0n) is 13.8. The molecular weight excluding hydrogens is 320 g/mol. The molecule has 0 aromatic heterocycles. The molecule has 1 aliphatic heterocycles. The molecule has 128 valence electrons. The van der Waals surface area contributed by atoms with E-state index in [2.05, 4.69) is 5.40 Å². The Bertz CT molecular complexity index is 583. The number of aliphatic hydroxyl groups is 1. The van der Waals surface area contributed by atoms with E-state index in [1.807, 2.05) is 47.4 Å². The van der Waals surface area contributed by atoms with E-state index in [4.69, 9.17) is 5.26 Å². The molecule has 1 fully saturated rings. The fourth-order valence-corrected chi connectivity index (χ4v) is 3.37. The molecule has 0 bridgehead atoms. The number of unbranched alkanes of at least 4 members (excludes halogenated alkanes) is 1. The highest BCUT2D eigenvalue weighted by Gasteiger charge is 2.28. The number of amides is 1. The Morgan fingerprint density at radius 2 is 2.17 bits per heavy atom. The summed E-state index contributed by atoms with van der Waals surface area (Å²) in [7, 11) is 0. The van der Waals surface area contributed by atoms with Gasteiger partial charge in [0.1, 0.15) is 5.40 Å². The zero-order chi connectivity index (χ0) is 17.2. The van der Waals surface area contributed by atoms with Crippen LogP contribution in [0.1, 0.15) is 31.2 Å². The van der Waals surface area contributed by atoms with Crippen LogP contribution in [0.3, 0.4) is 0 Å². The fourth-order valence-electron chi connectivity index (χ4n) is 2.93. The van der Waals surface area contributed by atoms with E-state index in [0.29, 0.717) is 12.8 Å². The van der Waals surface area contributed by atoms with Gasteiger partial charge in [-0.25, -0.2) is 0 Å². The Balaban J connectivity index is 1.80. The van der Waals surface area contributed by atoms with Crippen LogP contribution in [0.5, 0.6) is 0 Å². The van der Waals surface area contributed by atoms with Crippen molar-refractivity contribution in [2.24, 2.45) is 0 Å². The third-order valence-corrected chi connectivity index (χ3v) is 4.80. The number of rotatable bonds is 9. The summed E-state index contributed by atoms with van der Waals surface area (Å²) in [5.41, 5.74) is 1.10. The smallest absolute Gasteiger partial charge is 0.223 e. The largest absolute Gasteiger partial charge is 0.389 e. The Morgan fingerprint density at radius 1 is 1.38 bits per heavy atom. The topological polar surface area (TPSA) is 64.3 Å². The highest BCUT2D eigenvalue weighted by atomic mass is 32.2. The van der Waals surface area contributed by atoms with Crippen molar-refractivity contribution in [3.63, 3.8) is 0 Å². The molecule has 2 rings (SSSR count). The van der Waals surface area contributed by atoms with Gasteiger partial charge < -0.3 is 10.0 Å². The van der Waals surface area contributed by atoms with Crippen LogP contribution in [-0.4, -0.2) is 40.4 Å². The van der Waals surface area contributed by atoms with Crippen molar-refractivity contribution in [2.75, 3.05) is 12.3 Å². The number of hydrogen-bond acceptors (Lipinski definition) is 4. The number of aliphatic hydroxyl groups excluding tert-OH is 1. The standard InChI is InChI=1S/C19H24N2O2S/c20-15-24-13-5-4-12-21-17(9-11-19(21)23)8-10-18(22)14-16-6-2-1-3-7-16/h1-3,6-8,10,17-18,22H,4-5,9,11-14H2/b10-8+/t17-,18?/m0/s1. The molecule has 1 heterocycles. The molecule has 1 aromatic rings. The van der Waals surface area contributed by atoms with Gasteiger partial charge in [0.05, 0.1) is 12.1 Å². The quantitative estimate of drug-likeness (QED) is 0.425. The molecule has 1 aromatic carbocycles. The van der Waals surface area contributed by atoms with Crippen LogP contribution in [0.25, 0.3) is 0 Å².